The van der Waals surface area contributed by atoms with E-state index in [0.29, 0.717) is 28.2 Å². The van der Waals surface area contributed by atoms with Gasteiger partial charge in [-0.1, -0.05) is 36.4 Å². The molecule has 37 heavy (non-hydrogen) atoms. The molecule has 1 fully saturated rings. The summed E-state index contributed by atoms with van der Waals surface area (Å²) in [5.74, 6) is -0.0394. The first-order chi connectivity index (χ1) is 17.7. The first kappa shape index (κ1) is 25.3. The second-order valence-electron chi connectivity index (χ2n) is 9.19. The van der Waals surface area contributed by atoms with Crippen LogP contribution in [0.1, 0.15) is 0 Å². The van der Waals surface area contributed by atoms with E-state index in [1.54, 1.807) is 25.7 Å². The van der Waals surface area contributed by atoms with E-state index in [9.17, 15) is 9.32 Å². The van der Waals surface area contributed by atoms with Gasteiger partial charge in [-0.15, -0.1) is 0 Å². The average molecular weight is 526 g/mol. The lowest BCUT2D eigenvalue weighted by molar-refractivity contribution is -0.0275. The van der Waals surface area contributed by atoms with Gasteiger partial charge in [-0.05, 0) is 23.3 Å². The SMILES string of the molecule is CO[C@H]1[C@@H](CO)OC[C@H]1Oc1cc2nc(-c3ccc(-c4ccc(N=S(C)(C)=O)cc4)cc3)c(F)cc2[nH]1. The fourth-order valence-corrected chi connectivity index (χ4v) is 5.06. The van der Waals surface area contributed by atoms with Crippen molar-refractivity contribution in [3.05, 3.63) is 66.5 Å². The summed E-state index contributed by atoms with van der Waals surface area (Å²) in [6.07, 6.45) is 1.91. The van der Waals surface area contributed by atoms with Crippen LogP contribution < -0.4 is 4.74 Å². The first-order valence-electron chi connectivity index (χ1n) is 11.7. The maximum absolute atomic E-state index is 15.0. The van der Waals surface area contributed by atoms with Gasteiger partial charge in [0.25, 0.3) is 0 Å². The third-order valence-corrected chi connectivity index (χ3v) is 6.80. The van der Waals surface area contributed by atoms with Gasteiger partial charge in [0.2, 0.25) is 0 Å². The highest BCUT2D eigenvalue weighted by molar-refractivity contribution is 7.92. The maximum atomic E-state index is 15.0. The number of ether oxygens (including phenoxy) is 3. The number of nitrogens with one attached hydrogen (secondary N) is 1. The van der Waals surface area contributed by atoms with Crippen molar-refractivity contribution in [3.63, 3.8) is 0 Å². The number of methoxy groups -OCH3 is 1. The molecule has 3 atom stereocenters. The average Bonchev–Trinajstić information content (AvgIpc) is 3.45. The van der Waals surface area contributed by atoms with Gasteiger partial charge in [0.1, 0.15) is 17.9 Å². The zero-order chi connectivity index (χ0) is 26.2. The zero-order valence-electron chi connectivity index (χ0n) is 20.7. The number of aromatic amines is 1. The molecule has 5 rings (SSSR count). The Morgan fingerprint density at radius 2 is 1.76 bits per heavy atom. The molecular weight excluding hydrogens is 497 g/mol. The number of pyridine rings is 1. The van der Waals surface area contributed by atoms with Crippen molar-refractivity contribution in [2.24, 2.45) is 4.36 Å². The summed E-state index contributed by atoms with van der Waals surface area (Å²) in [6.45, 7) is 0.107. The van der Waals surface area contributed by atoms with Gasteiger partial charge in [0.15, 0.2) is 17.8 Å². The molecule has 10 heteroatoms. The molecule has 2 aromatic heterocycles. The van der Waals surface area contributed by atoms with Crippen molar-refractivity contribution in [1.82, 2.24) is 9.97 Å². The number of rotatable bonds is 7. The zero-order valence-corrected chi connectivity index (χ0v) is 21.5. The molecule has 0 radical (unpaired) electrons. The Kier molecular flexibility index (Phi) is 7.00. The molecule has 2 N–H and O–H groups in total. The van der Waals surface area contributed by atoms with Crippen molar-refractivity contribution >= 4 is 26.4 Å². The van der Waals surface area contributed by atoms with Gasteiger partial charge in [-0.3, -0.25) is 0 Å². The van der Waals surface area contributed by atoms with Crippen molar-refractivity contribution in [1.29, 1.82) is 0 Å². The number of halogens is 1. The Morgan fingerprint density at radius 1 is 1.11 bits per heavy atom. The molecule has 8 nitrogen and oxygen atoms in total. The molecule has 194 valence electrons. The van der Waals surface area contributed by atoms with Crippen LogP contribution in [-0.4, -0.2) is 70.4 Å². The Hall–Kier alpha value is -3.31. The molecule has 0 bridgehead atoms. The van der Waals surface area contributed by atoms with E-state index in [0.717, 1.165) is 11.1 Å². The van der Waals surface area contributed by atoms with E-state index in [1.165, 1.54) is 6.07 Å². The van der Waals surface area contributed by atoms with E-state index in [2.05, 4.69) is 14.3 Å². The number of aliphatic hydroxyl groups excluding tert-OH is 1. The second-order valence-corrected chi connectivity index (χ2v) is 11.7. The van der Waals surface area contributed by atoms with Crippen LogP contribution in [0.5, 0.6) is 5.88 Å². The molecule has 3 heterocycles. The minimum Gasteiger partial charge on any atom is -0.470 e. The molecule has 4 aromatic rings. The molecule has 0 spiro atoms. The minimum atomic E-state index is -2.22. The monoisotopic (exact) mass is 525 g/mol. The van der Waals surface area contributed by atoms with Crippen LogP contribution in [0.2, 0.25) is 0 Å². The van der Waals surface area contributed by atoms with E-state index in [1.807, 2.05) is 48.5 Å². The second kappa shape index (κ2) is 10.2. The summed E-state index contributed by atoms with van der Waals surface area (Å²) in [7, 11) is -0.679. The number of hydrogen-bond acceptors (Lipinski definition) is 7. The number of aromatic nitrogens is 2. The molecule has 1 aliphatic rings. The maximum Gasteiger partial charge on any atom is 0.193 e. The van der Waals surface area contributed by atoms with Crippen LogP contribution in [0.15, 0.2) is 65.0 Å². The van der Waals surface area contributed by atoms with Crippen molar-refractivity contribution < 1.29 is 27.9 Å². The summed E-state index contributed by atoms with van der Waals surface area (Å²) in [5.41, 5.74) is 4.53. The highest BCUT2D eigenvalue weighted by atomic mass is 32.2. The van der Waals surface area contributed by atoms with Gasteiger partial charge in [0, 0.05) is 47.0 Å². The fourth-order valence-electron chi connectivity index (χ4n) is 4.43. The fraction of sp³-hybridized carbons (Fsp3) is 0.296. The summed E-state index contributed by atoms with van der Waals surface area (Å²) in [6, 6.07) is 18.1. The quantitative estimate of drug-likeness (QED) is 0.367. The lowest BCUT2D eigenvalue weighted by Gasteiger charge is -2.20. The molecule has 0 saturated carbocycles. The molecule has 0 amide bonds. The van der Waals surface area contributed by atoms with Gasteiger partial charge >= 0.3 is 0 Å². The Morgan fingerprint density at radius 3 is 2.38 bits per heavy atom. The standard InChI is InChI=1S/C27H28FN3O5S/c1-34-27-23(14-32)35-15-24(27)36-25-13-22-21(29-25)12-20(28)26(30-22)18-6-4-16(5-7-18)17-8-10-19(11-9-17)31-37(2,3)33/h4-13,23-24,27,29,32H,14-15H2,1-3H3/t23-,24-,27+/m1/s1. The molecule has 1 saturated heterocycles. The van der Waals surface area contributed by atoms with Crippen molar-refractivity contribution in [2.75, 3.05) is 32.8 Å². The van der Waals surface area contributed by atoms with Crippen LogP contribution in [0.3, 0.4) is 0 Å². The van der Waals surface area contributed by atoms with Crippen LogP contribution in [0.4, 0.5) is 10.1 Å². The molecule has 1 aliphatic heterocycles. The van der Waals surface area contributed by atoms with Gasteiger partial charge in [0.05, 0.1) is 29.9 Å². The Bertz CT molecular complexity index is 1520. The van der Waals surface area contributed by atoms with E-state index in [4.69, 9.17) is 14.2 Å². The smallest absolute Gasteiger partial charge is 0.193 e. The van der Waals surface area contributed by atoms with Gasteiger partial charge in [-0.25, -0.2) is 13.6 Å². The predicted molar refractivity (Wildman–Crippen MR) is 141 cm³/mol. The van der Waals surface area contributed by atoms with Crippen LogP contribution in [-0.2, 0) is 19.2 Å². The normalized spacial score (nSPS) is 19.9. The number of H-pyrrole nitrogens is 1. The largest absolute Gasteiger partial charge is 0.470 e. The van der Waals surface area contributed by atoms with Gasteiger partial charge < -0.3 is 24.3 Å². The van der Waals surface area contributed by atoms with Gasteiger partial charge in [-0.2, -0.15) is 4.36 Å². The molecular formula is C27H28FN3O5S. The predicted octanol–water partition coefficient (Wildman–Crippen LogP) is 4.55. The summed E-state index contributed by atoms with van der Waals surface area (Å²) < 4.78 is 48.0. The first-order valence-corrected chi connectivity index (χ1v) is 14.1. The third kappa shape index (κ3) is 5.52. The topological polar surface area (TPSA) is 106 Å². The molecule has 0 unspecified atom stereocenters. The van der Waals surface area contributed by atoms with Crippen molar-refractivity contribution in [3.8, 4) is 28.3 Å². The third-order valence-electron chi connectivity index (χ3n) is 6.15. The summed E-state index contributed by atoms with van der Waals surface area (Å²) in [5, 5.41) is 9.43. The highest BCUT2D eigenvalue weighted by Crippen LogP contribution is 2.31. The number of aliphatic hydroxyl groups is 1. The van der Waals surface area contributed by atoms with E-state index < -0.39 is 33.9 Å². The molecule has 2 aromatic carbocycles. The van der Waals surface area contributed by atoms with E-state index >= 15 is 4.39 Å². The highest BCUT2D eigenvalue weighted by Gasteiger charge is 2.39. The van der Waals surface area contributed by atoms with E-state index in [-0.39, 0.29) is 18.9 Å². The Labute approximate surface area is 214 Å². The number of benzene rings is 2. The summed E-state index contributed by atoms with van der Waals surface area (Å²) in [4.78, 5) is 7.57. The number of hydrogen-bond donors (Lipinski definition) is 2. The minimum absolute atomic E-state index is 0.165. The summed E-state index contributed by atoms with van der Waals surface area (Å²) >= 11 is 0. The van der Waals surface area contributed by atoms with Crippen LogP contribution >= 0.6 is 0 Å². The lowest BCUT2D eigenvalue weighted by atomic mass is 10.0. The van der Waals surface area contributed by atoms with Crippen LogP contribution in [0, 0.1) is 5.82 Å². The number of nitrogens with zero attached hydrogens (tertiary/aromatic N) is 2. The lowest BCUT2D eigenvalue weighted by Crippen LogP contribution is -2.37. The molecule has 0 aliphatic carbocycles. The Balaban J connectivity index is 1.36. The van der Waals surface area contributed by atoms with Crippen LogP contribution in [0.25, 0.3) is 33.4 Å². The number of fused-ring (bicyclic) bond motifs is 1. The van der Waals surface area contributed by atoms with Crippen molar-refractivity contribution in [2.45, 2.75) is 18.3 Å².